The number of rotatable bonds is 2. The van der Waals surface area contributed by atoms with Crippen LogP contribution in [0, 0.1) is 0 Å². The van der Waals surface area contributed by atoms with Gasteiger partial charge in [-0.1, -0.05) is 0 Å². The smallest absolute Gasteiger partial charge is 0.356 e. The lowest BCUT2D eigenvalue weighted by atomic mass is 10.3. The van der Waals surface area contributed by atoms with Crippen molar-refractivity contribution in [1.29, 1.82) is 0 Å². The fourth-order valence-electron chi connectivity index (χ4n) is 2.87. The van der Waals surface area contributed by atoms with Gasteiger partial charge in [0.25, 0.3) is 0 Å². The van der Waals surface area contributed by atoms with Crippen molar-refractivity contribution in [2.75, 3.05) is 52.9 Å². The minimum Gasteiger partial charge on any atom is -0.487 e. The van der Waals surface area contributed by atoms with Gasteiger partial charge in [0.2, 0.25) is 0 Å². The molecule has 34 heavy (non-hydrogen) atoms. The summed E-state index contributed by atoms with van der Waals surface area (Å²) in [6.07, 6.45) is 0. The number of benzene rings is 2. The Hall–Kier alpha value is -2.14. The molecule has 0 aromatic heterocycles. The standard InChI is InChI=1S/C20H26O12P2/c21-33(22,23)15-1-3-17-19(13-15)31-11-7-28-6-10-30-18-4-2-16(34(24,25)26)14-20(18)32-12-8-27-5-9-29-17/h1-4,13-14H,5-12H2,(H2,21,22,23)(H2,24,25,26). The Morgan fingerprint density at radius 2 is 0.824 bits per heavy atom. The Morgan fingerprint density at radius 3 is 1.15 bits per heavy atom. The van der Waals surface area contributed by atoms with Crippen molar-refractivity contribution in [3.63, 3.8) is 0 Å². The normalized spacial score (nSPS) is 16.8. The van der Waals surface area contributed by atoms with E-state index in [-0.39, 0.29) is 75.0 Å². The summed E-state index contributed by atoms with van der Waals surface area (Å²) in [5.74, 6) is 0.917. The topological polar surface area (TPSA) is 170 Å². The maximum absolute atomic E-state index is 11.6. The van der Waals surface area contributed by atoms with Crippen LogP contribution in [0.4, 0.5) is 0 Å². The molecule has 1 aliphatic rings. The van der Waals surface area contributed by atoms with Gasteiger partial charge in [-0.25, -0.2) is 0 Å². The van der Waals surface area contributed by atoms with Gasteiger partial charge in [-0.3, -0.25) is 9.13 Å². The summed E-state index contributed by atoms with van der Waals surface area (Å²) < 4.78 is 56.5. The molecule has 0 spiro atoms. The maximum atomic E-state index is 11.6. The summed E-state index contributed by atoms with van der Waals surface area (Å²) in [5, 5.41) is -0.388. The highest BCUT2D eigenvalue weighted by Crippen LogP contribution is 2.38. The van der Waals surface area contributed by atoms with Crippen LogP contribution in [0.25, 0.3) is 0 Å². The molecule has 0 saturated carbocycles. The molecule has 0 atom stereocenters. The maximum Gasteiger partial charge on any atom is 0.356 e. The lowest BCUT2D eigenvalue weighted by molar-refractivity contribution is 0.0640. The van der Waals surface area contributed by atoms with E-state index >= 15 is 0 Å². The zero-order valence-electron chi connectivity index (χ0n) is 18.1. The third-order valence-corrected chi connectivity index (χ3v) is 6.37. The Morgan fingerprint density at radius 1 is 0.500 bits per heavy atom. The fraction of sp³-hybridized carbons (Fsp3) is 0.400. The molecular formula is C20H26O12P2. The van der Waals surface area contributed by atoms with Crippen molar-refractivity contribution in [2.24, 2.45) is 0 Å². The molecule has 0 fully saturated rings. The summed E-state index contributed by atoms with van der Waals surface area (Å²) in [7, 11) is -8.92. The fourth-order valence-corrected chi connectivity index (χ4v) is 3.97. The van der Waals surface area contributed by atoms with E-state index in [1.54, 1.807) is 0 Å². The number of hydrogen-bond acceptors (Lipinski definition) is 8. The van der Waals surface area contributed by atoms with Gasteiger partial charge in [-0.05, 0) is 36.4 Å². The van der Waals surface area contributed by atoms with Crippen LogP contribution in [-0.4, -0.2) is 72.4 Å². The molecule has 0 bridgehead atoms. The predicted octanol–water partition coefficient (Wildman–Crippen LogP) is 0.555. The minimum absolute atomic E-state index is 0.0861. The van der Waals surface area contributed by atoms with Gasteiger partial charge < -0.3 is 48.0 Å². The van der Waals surface area contributed by atoms with Gasteiger partial charge in [0.1, 0.15) is 26.4 Å². The molecule has 0 saturated heterocycles. The van der Waals surface area contributed by atoms with Gasteiger partial charge in [-0.15, -0.1) is 0 Å². The highest BCUT2D eigenvalue weighted by molar-refractivity contribution is 7.60. The lowest BCUT2D eigenvalue weighted by Crippen LogP contribution is -2.16. The third kappa shape index (κ3) is 7.97. The van der Waals surface area contributed by atoms with E-state index in [9.17, 15) is 28.7 Å². The summed E-state index contributed by atoms with van der Waals surface area (Å²) in [6, 6.07) is 7.82. The SMILES string of the molecule is O=P(O)(O)c1ccc2c(c1)OCCOCCOc1ccc(P(=O)(O)O)cc1OCCOCCO2. The molecule has 0 aliphatic carbocycles. The Labute approximate surface area is 195 Å². The average molecular weight is 520 g/mol. The van der Waals surface area contributed by atoms with E-state index in [1.807, 2.05) is 0 Å². The van der Waals surface area contributed by atoms with Crippen molar-refractivity contribution < 1.29 is 57.1 Å². The molecule has 0 radical (unpaired) electrons. The van der Waals surface area contributed by atoms with E-state index < -0.39 is 15.2 Å². The molecule has 2 aromatic rings. The Balaban J connectivity index is 1.67. The largest absolute Gasteiger partial charge is 0.487 e. The van der Waals surface area contributed by atoms with Crippen LogP contribution in [-0.2, 0) is 18.6 Å². The van der Waals surface area contributed by atoms with Gasteiger partial charge >= 0.3 is 15.2 Å². The molecular weight excluding hydrogens is 494 g/mol. The summed E-state index contributed by atoms with van der Waals surface area (Å²) >= 11 is 0. The lowest BCUT2D eigenvalue weighted by Gasteiger charge is -2.17. The van der Waals surface area contributed by atoms with Crippen LogP contribution < -0.4 is 29.6 Å². The first-order valence-electron chi connectivity index (χ1n) is 10.2. The summed E-state index contributed by atoms with van der Waals surface area (Å²) in [6.45, 7) is 1.11. The second-order valence-corrected chi connectivity index (χ2v) is 10.2. The van der Waals surface area contributed by atoms with Crippen LogP contribution in [0.15, 0.2) is 36.4 Å². The van der Waals surface area contributed by atoms with Crippen molar-refractivity contribution >= 4 is 25.8 Å². The second kappa shape index (κ2) is 12.0. The molecule has 2 aromatic carbocycles. The molecule has 0 amide bonds. The average Bonchev–Trinajstić information content (AvgIpc) is 2.77. The van der Waals surface area contributed by atoms with Gasteiger partial charge in [0.15, 0.2) is 23.0 Å². The number of ether oxygens (including phenoxy) is 6. The number of hydrogen-bond donors (Lipinski definition) is 4. The van der Waals surface area contributed by atoms with E-state index in [0.717, 1.165) is 0 Å². The van der Waals surface area contributed by atoms with Crippen molar-refractivity contribution in [3.8, 4) is 23.0 Å². The third-order valence-electron chi connectivity index (χ3n) is 4.47. The molecule has 14 heteroatoms. The molecule has 12 nitrogen and oxygen atoms in total. The van der Waals surface area contributed by atoms with Crippen LogP contribution in [0.3, 0.4) is 0 Å². The summed E-state index contributed by atoms with van der Waals surface area (Å²) in [5.41, 5.74) is 0. The Bertz CT molecular complexity index is 964. The molecule has 1 aliphatic heterocycles. The first-order valence-corrected chi connectivity index (χ1v) is 13.4. The van der Waals surface area contributed by atoms with Crippen molar-refractivity contribution in [2.45, 2.75) is 0 Å². The summed E-state index contributed by atoms with van der Waals surface area (Å²) in [4.78, 5) is 37.6. The zero-order valence-corrected chi connectivity index (χ0v) is 19.9. The van der Waals surface area contributed by atoms with E-state index in [0.29, 0.717) is 11.5 Å². The van der Waals surface area contributed by atoms with Crippen LogP contribution in [0.5, 0.6) is 23.0 Å². The first-order chi connectivity index (χ1) is 16.1. The molecule has 3 rings (SSSR count). The molecule has 1 heterocycles. The van der Waals surface area contributed by atoms with Gasteiger partial charge in [0.05, 0.1) is 37.0 Å². The van der Waals surface area contributed by atoms with Gasteiger partial charge in [0, 0.05) is 0 Å². The predicted molar refractivity (Wildman–Crippen MR) is 120 cm³/mol. The first kappa shape index (κ1) is 26.5. The highest BCUT2D eigenvalue weighted by atomic mass is 31.2. The highest BCUT2D eigenvalue weighted by Gasteiger charge is 2.21. The van der Waals surface area contributed by atoms with E-state index in [1.165, 1.54) is 36.4 Å². The van der Waals surface area contributed by atoms with Crippen LogP contribution >= 0.6 is 15.2 Å². The van der Waals surface area contributed by atoms with E-state index in [4.69, 9.17) is 28.4 Å². The second-order valence-electron chi connectivity index (χ2n) is 6.97. The zero-order chi connectivity index (χ0) is 24.6. The molecule has 0 unspecified atom stereocenters. The number of fused-ring (bicyclic) bond motifs is 2. The van der Waals surface area contributed by atoms with Crippen LogP contribution in [0.2, 0.25) is 0 Å². The molecule has 4 N–H and O–H groups in total. The van der Waals surface area contributed by atoms with Crippen LogP contribution in [0.1, 0.15) is 0 Å². The van der Waals surface area contributed by atoms with Gasteiger partial charge in [-0.2, -0.15) is 0 Å². The van der Waals surface area contributed by atoms with E-state index in [2.05, 4.69) is 0 Å². The molecule has 188 valence electrons. The monoisotopic (exact) mass is 520 g/mol. The van der Waals surface area contributed by atoms with Crippen molar-refractivity contribution in [3.05, 3.63) is 36.4 Å². The quantitative estimate of drug-likeness (QED) is 0.406. The van der Waals surface area contributed by atoms with Crippen molar-refractivity contribution in [1.82, 2.24) is 0 Å². The Kier molecular flexibility index (Phi) is 9.35. The minimum atomic E-state index is -4.46.